The maximum absolute atomic E-state index is 4.69. The highest BCUT2D eigenvalue weighted by molar-refractivity contribution is 5.75. The number of aromatic amines is 1. The molecule has 0 saturated heterocycles. The molecule has 0 aliphatic rings. The molecule has 1 N–H and O–H groups in total. The predicted octanol–water partition coefficient (Wildman–Crippen LogP) is 3.85. The molecule has 114 valence electrons. The van der Waals surface area contributed by atoms with Crippen LogP contribution in [0.5, 0.6) is 0 Å². The average Bonchev–Trinajstić information content (AvgIpc) is 2.90. The van der Waals surface area contributed by atoms with Crippen LogP contribution in [0.2, 0.25) is 0 Å². The standard InChI is InChI=1S/C18H22N4/c1-4-17(15-7-5-6-10-19-15)22(3)12-18-20-14-9-8-13(2)11-16(14)21-18/h5-11,17H,4,12H2,1-3H3,(H,20,21)/t17-/m1/s1. The highest BCUT2D eigenvalue weighted by Crippen LogP contribution is 2.23. The molecule has 0 aliphatic heterocycles. The van der Waals surface area contributed by atoms with Gasteiger partial charge in [-0.25, -0.2) is 4.98 Å². The van der Waals surface area contributed by atoms with E-state index in [2.05, 4.69) is 65.0 Å². The van der Waals surface area contributed by atoms with E-state index in [-0.39, 0.29) is 0 Å². The maximum atomic E-state index is 4.69. The van der Waals surface area contributed by atoms with E-state index in [1.165, 1.54) is 5.56 Å². The fourth-order valence-corrected chi connectivity index (χ4v) is 2.92. The van der Waals surface area contributed by atoms with Crippen LogP contribution >= 0.6 is 0 Å². The Kier molecular flexibility index (Phi) is 4.20. The lowest BCUT2D eigenvalue weighted by Crippen LogP contribution is -2.25. The molecule has 3 aromatic rings. The number of aromatic nitrogens is 3. The van der Waals surface area contributed by atoms with Crippen molar-refractivity contribution in [1.82, 2.24) is 19.9 Å². The lowest BCUT2D eigenvalue weighted by Gasteiger charge is -2.25. The number of imidazole rings is 1. The average molecular weight is 294 g/mol. The molecule has 4 heteroatoms. The number of fused-ring (bicyclic) bond motifs is 1. The van der Waals surface area contributed by atoms with E-state index in [0.717, 1.165) is 35.5 Å². The van der Waals surface area contributed by atoms with Crippen molar-refractivity contribution in [2.24, 2.45) is 0 Å². The van der Waals surface area contributed by atoms with Gasteiger partial charge in [-0.15, -0.1) is 0 Å². The molecule has 0 radical (unpaired) electrons. The molecule has 1 atom stereocenters. The molecular weight excluding hydrogens is 272 g/mol. The summed E-state index contributed by atoms with van der Waals surface area (Å²) in [6.07, 6.45) is 2.88. The zero-order valence-electron chi connectivity index (χ0n) is 13.4. The van der Waals surface area contributed by atoms with E-state index < -0.39 is 0 Å². The minimum absolute atomic E-state index is 0.302. The molecule has 0 bridgehead atoms. The largest absolute Gasteiger partial charge is 0.341 e. The van der Waals surface area contributed by atoms with Gasteiger partial charge in [0.05, 0.1) is 29.3 Å². The van der Waals surface area contributed by atoms with E-state index in [1.807, 2.05) is 18.3 Å². The second-order valence-electron chi connectivity index (χ2n) is 5.80. The second-order valence-corrected chi connectivity index (χ2v) is 5.80. The van der Waals surface area contributed by atoms with Gasteiger partial charge < -0.3 is 4.98 Å². The van der Waals surface area contributed by atoms with Crippen molar-refractivity contribution in [3.63, 3.8) is 0 Å². The Morgan fingerprint density at radius 3 is 2.82 bits per heavy atom. The van der Waals surface area contributed by atoms with Gasteiger partial charge in [-0.1, -0.05) is 19.1 Å². The maximum Gasteiger partial charge on any atom is 0.121 e. The van der Waals surface area contributed by atoms with Crippen LogP contribution in [0.25, 0.3) is 11.0 Å². The number of hydrogen-bond acceptors (Lipinski definition) is 3. The van der Waals surface area contributed by atoms with Crippen molar-refractivity contribution < 1.29 is 0 Å². The molecule has 4 nitrogen and oxygen atoms in total. The first-order chi connectivity index (χ1) is 10.7. The highest BCUT2D eigenvalue weighted by Gasteiger charge is 2.17. The Morgan fingerprint density at radius 2 is 2.09 bits per heavy atom. The Bertz CT molecular complexity index is 748. The van der Waals surface area contributed by atoms with Gasteiger partial charge in [0.2, 0.25) is 0 Å². The van der Waals surface area contributed by atoms with Crippen molar-refractivity contribution in [3.8, 4) is 0 Å². The molecule has 0 fully saturated rings. The SMILES string of the molecule is CC[C@H](c1ccccn1)N(C)Cc1nc2ccc(C)cc2[nH]1. The summed E-state index contributed by atoms with van der Waals surface area (Å²) < 4.78 is 0. The molecular formula is C18H22N4. The summed E-state index contributed by atoms with van der Waals surface area (Å²) in [5.41, 5.74) is 4.49. The number of hydrogen-bond donors (Lipinski definition) is 1. The summed E-state index contributed by atoms with van der Waals surface area (Å²) in [5, 5.41) is 0. The number of nitrogens with one attached hydrogen (secondary N) is 1. The van der Waals surface area contributed by atoms with Crippen LogP contribution in [0.15, 0.2) is 42.6 Å². The van der Waals surface area contributed by atoms with E-state index in [4.69, 9.17) is 0 Å². The van der Waals surface area contributed by atoms with Gasteiger partial charge in [0.1, 0.15) is 5.82 Å². The van der Waals surface area contributed by atoms with Gasteiger partial charge in [0.25, 0.3) is 0 Å². The van der Waals surface area contributed by atoms with Crippen molar-refractivity contribution in [2.75, 3.05) is 7.05 Å². The summed E-state index contributed by atoms with van der Waals surface area (Å²) in [7, 11) is 2.13. The first-order valence-corrected chi connectivity index (χ1v) is 7.73. The van der Waals surface area contributed by atoms with Crippen LogP contribution in [0.1, 0.15) is 36.5 Å². The van der Waals surface area contributed by atoms with Gasteiger partial charge >= 0.3 is 0 Å². The monoisotopic (exact) mass is 294 g/mol. The number of rotatable bonds is 5. The summed E-state index contributed by atoms with van der Waals surface area (Å²) in [6, 6.07) is 12.7. The van der Waals surface area contributed by atoms with E-state index in [9.17, 15) is 0 Å². The van der Waals surface area contributed by atoms with Gasteiger partial charge in [0.15, 0.2) is 0 Å². The lowest BCUT2D eigenvalue weighted by molar-refractivity contribution is 0.221. The van der Waals surface area contributed by atoms with Crippen molar-refractivity contribution >= 4 is 11.0 Å². The van der Waals surface area contributed by atoms with Crippen molar-refractivity contribution in [2.45, 2.75) is 32.9 Å². The van der Waals surface area contributed by atoms with Crippen LogP contribution in [-0.2, 0) is 6.54 Å². The highest BCUT2D eigenvalue weighted by atomic mass is 15.2. The van der Waals surface area contributed by atoms with Crippen molar-refractivity contribution in [1.29, 1.82) is 0 Å². The molecule has 0 unspecified atom stereocenters. The molecule has 1 aromatic carbocycles. The van der Waals surface area contributed by atoms with Crippen LogP contribution < -0.4 is 0 Å². The van der Waals surface area contributed by atoms with Gasteiger partial charge in [-0.2, -0.15) is 0 Å². The third-order valence-corrected chi connectivity index (χ3v) is 4.03. The third-order valence-electron chi connectivity index (χ3n) is 4.03. The molecule has 2 aromatic heterocycles. The molecule has 0 saturated carbocycles. The number of benzene rings is 1. The Labute approximate surface area is 131 Å². The minimum Gasteiger partial charge on any atom is -0.341 e. The van der Waals surface area contributed by atoms with Crippen LogP contribution in [0.3, 0.4) is 0 Å². The smallest absolute Gasteiger partial charge is 0.121 e. The Hall–Kier alpha value is -2.20. The van der Waals surface area contributed by atoms with Crippen molar-refractivity contribution in [3.05, 3.63) is 59.7 Å². The molecule has 22 heavy (non-hydrogen) atoms. The van der Waals surface area contributed by atoms with Crippen LogP contribution in [0, 0.1) is 6.92 Å². The number of H-pyrrole nitrogens is 1. The predicted molar refractivity (Wildman–Crippen MR) is 89.6 cm³/mol. The van der Waals surface area contributed by atoms with Gasteiger partial charge in [0, 0.05) is 6.20 Å². The second kappa shape index (κ2) is 6.28. The first kappa shape index (κ1) is 14.7. The quantitative estimate of drug-likeness (QED) is 0.777. The minimum atomic E-state index is 0.302. The van der Waals surface area contributed by atoms with Crippen LogP contribution in [0.4, 0.5) is 0 Å². The third kappa shape index (κ3) is 3.02. The van der Waals surface area contributed by atoms with E-state index in [1.54, 1.807) is 0 Å². The zero-order chi connectivity index (χ0) is 15.5. The molecule has 2 heterocycles. The molecule has 0 aliphatic carbocycles. The number of nitrogens with zero attached hydrogens (tertiary/aromatic N) is 3. The lowest BCUT2D eigenvalue weighted by atomic mass is 10.1. The number of aryl methyl sites for hydroxylation is 1. The van der Waals surface area contributed by atoms with Crippen LogP contribution in [-0.4, -0.2) is 26.9 Å². The van der Waals surface area contributed by atoms with Gasteiger partial charge in [-0.05, 0) is 50.2 Å². The fourth-order valence-electron chi connectivity index (χ4n) is 2.92. The Balaban J connectivity index is 1.80. The summed E-state index contributed by atoms with van der Waals surface area (Å²) in [4.78, 5) is 14.9. The van der Waals surface area contributed by atoms with E-state index in [0.29, 0.717) is 6.04 Å². The Morgan fingerprint density at radius 1 is 1.23 bits per heavy atom. The summed E-state index contributed by atoms with van der Waals surface area (Å²) in [6.45, 7) is 5.07. The zero-order valence-corrected chi connectivity index (χ0v) is 13.4. The molecule has 0 amide bonds. The molecule has 0 spiro atoms. The fraction of sp³-hybridized carbons (Fsp3) is 0.333. The van der Waals surface area contributed by atoms with Gasteiger partial charge in [-0.3, -0.25) is 9.88 Å². The number of pyridine rings is 1. The normalized spacial score (nSPS) is 12.9. The topological polar surface area (TPSA) is 44.8 Å². The summed E-state index contributed by atoms with van der Waals surface area (Å²) >= 11 is 0. The van der Waals surface area contributed by atoms with E-state index >= 15 is 0 Å². The first-order valence-electron chi connectivity index (χ1n) is 7.73. The summed E-state index contributed by atoms with van der Waals surface area (Å²) in [5.74, 6) is 0.998. The molecule has 3 rings (SSSR count).